The number of nitrogens with zero attached hydrogens (tertiary/aromatic N) is 1. The van der Waals surface area contributed by atoms with Crippen LogP contribution < -0.4 is 15.4 Å². The summed E-state index contributed by atoms with van der Waals surface area (Å²) in [6.07, 6.45) is 2.47. The van der Waals surface area contributed by atoms with Crippen molar-refractivity contribution >= 4 is 15.7 Å². The SMILES string of the molecule is CC(C)NS(=O)(=O)c1ccc(N(C)C(CN)C2CC2)cc1. The Morgan fingerprint density at radius 2 is 1.86 bits per heavy atom. The summed E-state index contributed by atoms with van der Waals surface area (Å²) in [6, 6.07) is 7.21. The summed E-state index contributed by atoms with van der Waals surface area (Å²) in [5.74, 6) is 0.672. The average molecular weight is 311 g/mol. The van der Waals surface area contributed by atoms with Gasteiger partial charge in [-0.1, -0.05) is 0 Å². The number of nitrogens with one attached hydrogen (secondary N) is 1. The maximum absolute atomic E-state index is 12.1. The molecule has 1 saturated carbocycles. The zero-order valence-corrected chi connectivity index (χ0v) is 13.7. The molecule has 1 aromatic rings. The Kier molecular flexibility index (Phi) is 4.91. The number of rotatable bonds is 7. The Balaban J connectivity index is 2.15. The monoisotopic (exact) mass is 311 g/mol. The summed E-state index contributed by atoms with van der Waals surface area (Å²) in [6.45, 7) is 4.23. The number of sulfonamides is 1. The van der Waals surface area contributed by atoms with Gasteiger partial charge in [0.15, 0.2) is 0 Å². The van der Waals surface area contributed by atoms with Crippen molar-refractivity contribution in [1.29, 1.82) is 0 Å². The van der Waals surface area contributed by atoms with Gasteiger partial charge in [-0.3, -0.25) is 0 Å². The molecule has 0 aliphatic heterocycles. The zero-order chi connectivity index (χ0) is 15.6. The highest BCUT2D eigenvalue weighted by molar-refractivity contribution is 7.89. The fourth-order valence-corrected chi connectivity index (χ4v) is 3.83. The smallest absolute Gasteiger partial charge is 0.240 e. The van der Waals surface area contributed by atoms with Crippen LogP contribution in [-0.2, 0) is 10.0 Å². The topological polar surface area (TPSA) is 75.4 Å². The van der Waals surface area contributed by atoms with Crippen molar-refractivity contribution in [3.8, 4) is 0 Å². The minimum absolute atomic E-state index is 0.117. The van der Waals surface area contributed by atoms with E-state index >= 15 is 0 Å². The first kappa shape index (κ1) is 16.3. The van der Waals surface area contributed by atoms with E-state index in [-0.39, 0.29) is 6.04 Å². The number of anilines is 1. The highest BCUT2D eigenvalue weighted by Crippen LogP contribution is 2.36. The van der Waals surface area contributed by atoms with Crippen molar-refractivity contribution in [2.45, 2.75) is 43.7 Å². The molecule has 0 amide bonds. The Bertz CT molecular complexity index is 565. The summed E-state index contributed by atoms with van der Waals surface area (Å²) in [4.78, 5) is 2.45. The molecule has 1 aliphatic rings. The molecule has 6 heteroatoms. The maximum atomic E-state index is 12.1. The van der Waals surface area contributed by atoms with Gasteiger partial charge in [0, 0.05) is 31.4 Å². The Labute approximate surface area is 127 Å². The van der Waals surface area contributed by atoms with Crippen LogP contribution in [0.5, 0.6) is 0 Å². The summed E-state index contributed by atoms with van der Waals surface area (Å²) < 4.78 is 26.8. The fourth-order valence-electron chi connectivity index (χ4n) is 2.58. The Morgan fingerprint density at radius 3 is 2.29 bits per heavy atom. The van der Waals surface area contributed by atoms with E-state index in [0.29, 0.717) is 23.4 Å². The molecular weight excluding hydrogens is 286 g/mol. The minimum Gasteiger partial charge on any atom is -0.370 e. The lowest BCUT2D eigenvalue weighted by Crippen LogP contribution is -2.39. The van der Waals surface area contributed by atoms with Crippen LogP contribution in [-0.4, -0.2) is 34.1 Å². The normalized spacial score (nSPS) is 17.0. The van der Waals surface area contributed by atoms with Crippen LogP contribution in [0.4, 0.5) is 5.69 Å². The van der Waals surface area contributed by atoms with Gasteiger partial charge in [0.05, 0.1) is 4.90 Å². The molecule has 3 N–H and O–H groups in total. The van der Waals surface area contributed by atoms with Gasteiger partial charge in [0.25, 0.3) is 0 Å². The van der Waals surface area contributed by atoms with Crippen LogP contribution in [0.2, 0.25) is 0 Å². The van der Waals surface area contributed by atoms with E-state index in [2.05, 4.69) is 9.62 Å². The number of hydrogen-bond acceptors (Lipinski definition) is 4. The number of hydrogen-bond donors (Lipinski definition) is 2. The zero-order valence-electron chi connectivity index (χ0n) is 12.9. The molecular formula is C15H25N3O2S. The molecule has 1 unspecified atom stereocenters. The first-order valence-corrected chi connectivity index (χ1v) is 8.88. The molecule has 2 rings (SSSR count). The van der Waals surface area contributed by atoms with Gasteiger partial charge in [-0.05, 0) is 56.9 Å². The molecule has 1 fully saturated rings. The van der Waals surface area contributed by atoms with Gasteiger partial charge in [-0.2, -0.15) is 0 Å². The predicted molar refractivity (Wildman–Crippen MR) is 85.9 cm³/mol. The second-order valence-corrected chi connectivity index (χ2v) is 7.74. The molecule has 0 bridgehead atoms. The fraction of sp³-hybridized carbons (Fsp3) is 0.600. The van der Waals surface area contributed by atoms with Crippen molar-refractivity contribution in [2.75, 3.05) is 18.5 Å². The van der Waals surface area contributed by atoms with E-state index in [4.69, 9.17) is 5.73 Å². The minimum atomic E-state index is -3.43. The van der Waals surface area contributed by atoms with Crippen molar-refractivity contribution in [2.24, 2.45) is 11.7 Å². The molecule has 1 aliphatic carbocycles. The van der Waals surface area contributed by atoms with E-state index < -0.39 is 10.0 Å². The van der Waals surface area contributed by atoms with Crippen LogP contribution in [0.1, 0.15) is 26.7 Å². The van der Waals surface area contributed by atoms with Crippen LogP contribution in [0.3, 0.4) is 0 Å². The number of benzene rings is 1. The van der Waals surface area contributed by atoms with Crippen molar-refractivity contribution < 1.29 is 8.42 Å². The van der Waals surface area contributed by atoms with Gasteiger partial charge in [0.1, 0.15) is 0 Å². The molecule has 0 spiro atoms. The molecule has 1 aromatic carbocycles. The standard InChI is InChI=1S/C15H25N3O2S/c1-11(2)17-21(19,20)14-8-6-13(7-9-14)18(3)15(10-16)12-4-5-12/h6-9,11-12,15,17H,4-5,10,16H2,1-3H3. The highest BCUT2D eigenvalue weighted by atomic mass is 32.2. The molecule has 21 heavy (non-hydrogen) atoms. The second-order valence-electron chi connectivity index (χ2n) is 6.02. The van der Waals surface area contributed by atoms with Crippen LogP contribution in [0.25, 0.3) is 0 Å². The molecule has 0 saturated heterocycles. The Morgan fingerprint density at radius 1 is 1.29 bits per heavy atom. The van der Waals surface area contributed by atoms with E-state index in [9.17, 15) is 8.42 Å². The van der Waals surface area contributed by atoms with E-state index in [1.165, 1.54) is 12.8 Å². The molecule has 1 atom stereocenters. The third-order valence-corrected chi connectivity index (χ3v) is 5.52. The summed E-state index contributed by atoms with van der Waals surface area (Å²) in [5.41, 5.74) is 6.86. The number of nitrogens with two attached hydrogens (primary N) is 1. The van der Waals surface area contributed by atoms with E-state index in [1.807, 2.05) is 19.2 Å². The average Bonchev–Trinajstić information content (AvgIpc) is 3.23. The summed E-state index contributed by atoms with van der Waals surface area (Å²) >= 11 is 0. The summed E-state index contributed by atoms with van der Waals surface area (Å²) in [5, 5.41) is 0. The Hall–Kier alpha value is -1.11. The van der Waals surface area contributed by atoms with Gasteiger partial charge in [-0.15, -0.1) is 0 Å². The largest absolute Gasteiger partial charge is 0.370 e. The molecule has 0 radical (unpaired) electrons. The second kappa shape index (κ2) is 6.34. The van der Waals surface area contributed by atoms with Gasteiger partial charge >= 0.3 is 0 Å². The predicted octanol–water partition coefficient (Wildman–Crippen LogP) is 1.55. The maximum Gasteiger partial charge on any atom is 0.240 e. The third kappa shape index (κ3) is 3.96. The van der Waals surface area contributed by atoms with Gasteiger partial charge < -0.3 is 10.6 Å². The molecule has 0 aromatic heterocycles. The van der Waals surface area contributed by atoms with Crippen LogP contribution in [0.15, 0.2) is 29.2 Å². The van der Waals surface area contributed by atoms with Crippen molar-refractivity contribution in [1.82, 2.24) is 4.72 Å². The lowest BCUT2D eigenvalue weighted by atomic mass is 10.1. The van der Waals surface area contributed by atoms with Gasteiger partial charge in [-0.25, -0.2) is 13.1 Å². The van der Waals surface area contributed by atoms with Crippen LogP contribution in [0, 0.1) is 5.92 Å². The quantitative estimate of drug-likeness (QED) is 0.801. The first-order chi connectivity index (χ1) is 9.85. The van der Waals surface area contributed by atoms with E-state index in [1.54, 1.807) is 26.0 Å². The molecule has 5 nitrogen and oxygen atoms in total. The molecule has 118 valence electrons. The van der Waals surface area contributed by atoms with Crippen molar-refractivity contribution in [3.05, 3.63) is 24.3 Å². The van der Waals surface area contributed by atoms with Crippen molar-refractivity contribution in [3.63, 3.8) is 0 Å². The van der Waals surface area contributed by atoms with E-state index in [0.717, 1.165) is 5.69 Å². The third-order valence-electron chi connectivity index (χ3n) is 3.85. The van der Waals surface area contributed by atoms with Crippen LogP contribution >= 0.6 is 0 Å². The number of likely N-dealkylation sites (N-methyl/N-ethyl adjacent to an activating group) is 1. The first-order valence-electron chi connectivity index (χ1n) is 7.40. The lowest BCUT2D eigenvalue weighted by molar-refractivity contribution is 0.567. The molecule has 0 heterocycles. The highest BCUT2D eigenvalue weighted by Gasteiger charge is 2.33. The lowest BCUT2D eigenvalue weighted by Gasteiger charge is -2.29. The summed E-state index contributed by atoms with van der Waals surface area (Å²) in [7, 11) is -1.41. The van der Waals surface area contributed by atoms with Gasteiger partial charge in [0.2, 0.25) is 10.0 Å².